The van der Waals surface area contributed by atoms with Gasteiger partial charge >= 0.3 is 6.18 Å². The van der Waals surface area contributed by atoms with Gasteiger partial charge in [-0.1, -0.05) is 36.4 Å². The average Bonchev–Trinajstić information content (AvgIpc) is 3.27. The van der Waals surface area contributed by atoms with Crippen LogP contribution in [-0.2, 0) is 12.6 Å². The van der Waals surface area contributed by atoms with Crippen molar-refractivity contribution in [3.8, 4) is 11.4 Å². The fraction of sp³-hybridized carbons (Fsp3) is 0.381. The lowest BCUT2D eigenvalue weighted by atomic mass is 9.80. The van der Waals surface area contributed by atoms with Crippen molar-refractivity contribution < 1.29 is 17.9 Å². The smallest absolute Gasteiger partial charge is 0.453 e. The number of methoxy groups -OCH3 is 1. The maximum Gasteiger partial charge on any atom is 0.453 e. The van der Waals surface area contributed by atoms with Crippen molar-refractivity contribution in [3.63, 3.8) is 0 Å². The van der Waals surface area contributed by atoms with Crippen molar-refractivity contribution in [3.05, 3.63) is 65.5 Å². The zero-order valence-electron chi connectivity index (χ0n) is 16.9. The van der Waals surface area contributed by atoms with Crippen LogP contribution in [-0.4, -0.2) is 39.9 Å². The predicted molar refractivity (Wildman–Crippen MR) is 108 cm³/mol. The average molecular weight is 432 g/mol. The molecule has 1 saturated heterocycles. The zero-order chi connectivity index (χ0) is 22.0. The number of nitrogens with two attached hydrogens (primary N) is 1. The monoisotopic (exact) mass is 432 g/mol. The van der Waals surface area contributed by atoms with Gasteiger partial charge in [0.2, 0.25) is 0 Å². The van der Waals surface area contributed by atoms with Gasteiger partial charge in [0.05, 0.1) is 12.8 Å². The number of hydrogen-bond acceptors (Lipinski definition) is 6. The second-order valence-corrected chi connectivity index (χ2v) is 7.58. The number of nitrogens with one attached hydrogen (secondary N) is 1. The molecule has 10 heteroatoms. The first-order valence-corrected chi connectivity index (χ1v) is 9.95. The summed E-state index contributed by atoms with van der Waals surface area (Å²) in [5.41, 5.74) is 8.80. The number of benzene rings is 2. The van der Waals surface area contributed by atoms with Crippen molar-refractivity contribution in [1.29, 1.82) is 0 Å². The summed E-state index contributed by atoms with van der Waals surface area (Å²) >= 11 is 0. The Morgan fingerprint density at radius 2 is 1.97 bits per heavy atom. The Bertz CT molecular complexity index is 1020. The van der Waals surface area contributed by atoms with Gasteiger partial charge in [0.15, 0.2) is 0 Å². The zero-order valence-corrected chi connectivity index (χ0v) is 16.9. The van der Waals surface area contributed by atoms with E-state index >= 15 is 0 Å². The van der Waals surface area contributed by atoms with Gasteiger partial charge in [0.1, 0.15) is 5.75 Å². The Hall–Kier alpha value is -2.98. The van der Waals surface area contributed by atoms with Gasteiger partial charge in [-0.3, -0.25) is 0 Å². The minimum absolute atomic E-state index is 0.0424. The molecule has 31 heavy (non-hydrogen) atoms. The number of nitrogens with zero attached hydrogens (tertiary/aromatic N) is 4. The lowest BCUT2D eigenvalue weighted by Crippen LogP contribution is -2.49. The number of hydrogen-bond donors (Lipinski definition) is 2. The highest BCUT2D eigenvalue weighted by atomic mass is 19.4. The molecule has 0 amide bonds. The van der Waals surface area contributed by atoms with Crippen LogP contribution in [0.25, 0.3) is 5.69 Å². The third-order valence-corrected chi connectivity index (χ3v) is 5.69. The predicted octanol–water partition coefficient (Wildman–Crippen LogP) is 2.91. The Labute approximate surface area is 177 Å². The Morgan fingerprint density at radius 3 is 2.68 bits per heavy atom. The summed E-state index contributed by atoms with van der Waals surface area (Å²) < 4.78 is 45.6. The highest BCUT2D eigenvalue weighted by Crippen LogP contribution is 2.33. The Kier molecular flexibility index (Phi) is 5.92. The molecule has 1 fully saturated rings. The SMILES string of the molecule is COc1cc(-n2nnnc2C(F)(F)F)ccc1CC1CCNC(c2ccccc2)C1N. The van der Waals surface area contributed by atoms with E-state index in [9.17, 15) is 13.2 Å². The minimum atomic E-state index is -4.66. The van der Waals surface area contributed by atoms with Crippen LogP contribution in [0.2, 0.25) is 0 Å². The van der Waals surface area contributed by atoms with Gasteiger partial charge < -0.3 is 15.8 Å². The molecule has 0 saturated carbocycles. The molecule has 164 valence electrons. The van der Waals surface area contributed by atoms with E-state index in [4.69, 9.17) is 10.5 Å². The standard InChI is InChI=1S/C21H23F3N6O/c1-31-17-12-16(30-20(21(22,23)24)27-28-29-30)8-7-14(17)11-15-9-10-26-19(18(15)25)13-5-3-2-4-6-13/h2-8,12,15,18-19,26H,9-11,25H2,1H3. The van der Waals surface area contributed by atoms with E-state index in [1.807, 2.05) is 18.2 Å². The molecular formula is C21H23F3N6O. The number of halogens is 3. The van der Waals surface area contributed by atoms with Gasteiger partial charge in [-0.2, -0.15) is 17.9 Å². The first-order chi connectivity index (χ1) is 14.9. The van der Waals surface area contributed by atoms with Gasteiger partial charge in [0, 0.05) is 18.2 Å². The molecule has 3 atom stereocenters. The van der Waals surface area contributed by atoms with Gasteiger partial charge in [-0.05, 0) is 52.9 Å². The van der Waals surface area contributed by atoms with Gasteiger partial charge in [-0.15, -0.1) is 5.10 Å². The summed E-state index contributed by atoms with van der Waals surface area (Å²) in [5, 5.41) is 13.2. The van der Waals surface area contributed by atoms with E-state index in [2.05, 4.69) is 33.0 Å². The number of alkyl halides is 3. The molecule has 0 spiro atoms. The molecule has 0 bridgehead atoms. The second-order valence-electron chi connectivity index (χ2n) is 7.58. The molecule has 3 N–H and O–H groups in total. The maximum absolute atomic E-state index is 13.1. The Morgan fingerprint density at radius 1 is 1.19 bits per heavy atom. The fourth-order valence-electron chi connectivity index (χ4n) is 4.12. The van der Waals surface area contributed by atoms with Crippen molar-refractivity contribution in [2.75, 3.05) is 13.7 Å². The Balaban J connectivity index is 1.57. The summed E-state index contributed by atoms with van der Waals surface area (Å²) in [6, 6.07) is 14.8. The topological polar surface area (TPSA) is 90.9 Å². The maximum atomic E-state index is 13.1. The molecule has 7 nitrogen and oxygen atoms in total. The molecule has 1 aliphatic rings. The first kappa shape index (κ1) is 21.3. The van der Waals surface area contributed by atoms with Crippen LogP contribution in [0.3, 0.4) is 0 Å². The van der Waals surface area contributed by atoms with Crippen LogP contribution in [0.1, 0.15) is 29.4 Å². The summed E-state index contributed by atoms with van der Waals surface area (Å²) in [6.45, 7) is 0.831. The number of piperidine rings is 1. The normalized spacial score (nSPS) is 21.8. The molecule has 1 aliphatic heterocycles. The number of ether oxygens (including phenoxy) is 1. The molecule has 3 unspecified atom stereocenters. The van der Waals surface area contributed by atoms with Crippen LogP contribution in [0.15, 0.2) is 48.5 Å². The third-order valence-electron chi connectivity index (χ3n) is 5.69. The van der Waals surface area contributed by atoms with Crippen LogP contribution in [0, 0.1) is 5.92 Å². The van der Waals surface area contributed by atoms with Crippen LogP contribution < -0.4 is 15.8 Å². The lowest BCUT2D eigenvalue weighted by Gasteiger charge is -2.37. The molecule has 2 heterocycles. The van der Waals surface area contributed by atoms with E-state index < -0.39 is 12.0 Å². The summed E-state index contributed by atoms with van der Waals surface area (Å²) in [5.74, 6) is -0.526. The number of aromatic nitrogens is 4. The highest BCUT2D eigenvalue weighted by molar-refractivity contribution is 5.45. The quantitative estimate of drug-likeness (QED) is 0.644. The lowest BCUT2D eigenvalue weighted by molar-refractivity contribution is -0.146. The van der Waals surface area contributed by atoms with E-state index in [1.165, 1.54) is 13.2 Å². The van der Waals surface area contributed by atoms with Crippen molar-refractivity contribution in [2.45, 2.75) is 31.1 Å². The molecule has 4 rings (SSSR count). The molecule has 1 aromatic heterocycles. The van der Waals surface area contributed by atoms with E-state index in [1.54, 1.807) is 12.1 Å². The van der Waals surface area contributed by atoms with Gasteiger partial charge in [0.25, 0.3) is 5.82 Å². The first-order valence-electron chi connectivity index (χ1n) is 9.95. The van der Waals surface area contributed by atoms with E-state index in [-0.39, 0.29) is 23.7 Å². The second kappa shape index (κ2) is 8.64. The van der Waals surface area contributed by atoms with Crippen molar-refractivity contribution >= 4 is 0 Å². The largest absolute Gasteiger partial charge is 0.496 e. The summed E-state index contributed by atoms with van der Waals surface area (Å²) in [6.07, 6.45) is -3.12. The van der Waals surface area contributed by atoms with Crippen LogP contribution >= 0.6 is 0 Å². The van der Waals surface area contributed by atoms with E-state index in [0.29, 0.717) is 16.9 Å². The van der Waals surface area contributed by atoms with Crippen LogP contribution in [0.5, 0.6) is 5.75 Å². The fourth-order valence-corrected chi connectivity index (χ4v) is 4.12. The number of tetrazole rings is 1. The third kappa shape index (κ3) is 4.40. The molecule has 3 aromatic rings. The van der Waals surface area contributed by atoms with E-state index in [0.717, 1.165) is 24.1 Å². The minimum Gasteiger partial charge on any atom is -0.496 e. The van der Waals surface area contributed by atoms with Gasteiger partial charge in [-0.25, -0.2) is 0 Å². The molecular weight excluding hydrogens is 409 g/mol. The number of rotatable bonds is 5. The van der Waals surface area contributed by atoms with Crippen LogP contribution in [0.4, 0.5) is 13.2 Å². The molecule has 0 radical (unpaired) electrons. The summed E-state index contributed by atoms with van der Waals surface area (Å²) in [4.78, 5) is 0. The highest BCUT2D eigenvalue weighted by Gasteiger charge is 2.38. The molecule has 0 aliphatic carbocycles. The van der Waals surface area contributed by atoms with Crippen molar-refractivity contribution in [1.82, 2.24) is 25.5 Å². The molecule has 2 aromatic carbocycles. The van der Waals surface area contributed by atoms with Crippen molar-refractivity contribution in [2.24, 2.45) is 11.7 Å². The summed E-state index contributed by atoms with van der Waals surface area (Å²) in [7, 11) is 1.49.